The maximum atomic E-state index is 13.4. The summed E-state index contributed by atoms with van der Waals surface area (Å²) in [6, 6.07) is 14.3. The number of benzene rings is 2. The molecule has 1 saturated heterocycles. The highest BCUT2D eigenvalue weighted by Crippen LogP contribution is 2.31. The Kier molecular flexibility index (Phi) is 7.14. The number of aromatic amines is 1. The van der Waals surface area contributed by atoms with E-state index in [2.05, 4.69) is 10.3 Å². The number of carbonyl (C=O) groups excluding carboxylic acids is 1. The number of H-pyrrole nitrogens is 1. The minimum atomic E-state index is -3.19. The van der Waals surface area contributed by atoms with Crippen LogP contribution in [0, 0.1) is 5.82 Å². The van der Waals surface area contributed by atoms with Gasteiger partial charge in [0.05, 0.1) is 5.75 Å². The molecule has 8 heteroatoms. The largest absolute Gasteiger partial charge is 0.354 e. The molecule has 0 saturated carbocycles. The lowest BCUT2D eigenvalue weighted by molar-refractivity contribution is -0.122. The maximum absolute atomic E-state index is 13.4. The molecule has 0 bridgehead atoms. The van der Waals surface area contributed by atoms with E-state index in [-0.39, 0.29) is 23.5 Å². The van der Waals surface area contributed by atoms with Gasteiger partial charge in [0.2, 0.25) is 15.9 Å². The highest BCUT2D eigenvalue weighted by molar-refractivity contribution is 7.89. The molecule has 1 aliphatic heterocycles. The molecule has 1 fully saturated rings. The first-order valence-electron chi connectivity index (χ1n) is 11.5. The Balaban J connectivity index is 1.40. The van der Waals surface area contributed by atoms with Crippen molar-refractivity contribution in [2.75, 3.05) is 18.8 Å². The molecule has 4 rings (SSSR count). The van der Waals surface area contributed by atoms with Crippen molar-refractivity contribution in [3.8, 4) is 11.3 Å². The minimum Gasteiger partial charge on any atom is -0.354 e. The third kappa shape index (κ3) is 5.45. The molecule has 0 radical (unpaired) electrons. The van der Waals surface area contributed by atoms with Crippen molar-refractivity contribution in [1.29, 1.82) is 0 Å². The quantitative estimate of drug-likeness (QED) is 0.516. The van der Waals surface area contributed by atoms with Gasteiger partial charge in [0, 0.05) is 42.1 Å². The van der Waals surface area contributed by atoms with Crippen molar-refractivity contribution in [2.24, 2.45) is 0 Å². The van der Waals surface area contributed by atoms with Gasteiger partial charge in [-0.1, -0.05) is 25.1 Å². The Bertz CT molecular complexity index is 1210. The standard InChI is InChI=1S/C25H30FN3O3S/c1-2-17-33(31,32)29-15-13-20(14-16-29)27-24(30)12-11-22-21-5-3-4-6-23(21)28-25(22)18-7-9-19(26)10-8-18/h3-10,20,28H,2,11-17H2,1H3,(H,27,30). The van der Waals surface area contributed by atoms with Crippen LogP contribution >= 0.6 is 0 Å². The summed E-state index contributed by atoms with van der Waals surface area (Å²) < 4.78 is 39.4. The summed E-state index contributed by atoms with van der Waals surface area (Å²) in [6.45, 7) is 2.76. The van der Waals surface area contributed by atoms with Crippen LogP contribution in [-0.4, -0.2) is 48.5 Å². The molecule has 33 heavy (non-hydrogen) atoms. The van der Waals surface area contributed by atoms with E-state index in [0.717, 1.165) is 27.7 Å². The van der Waals surface area contributed by atoms with Crippen LogP contribution in [0.3, 0.4) is 0 Å². The average Bonchev–Trinajstić information content (AvgIpc) is 3.17. The van der Waals surface area contributed by atoms with Gasteiger partial charge in [-0.25, -0.2) is 17.1 Å². The van der Waals surface area contributed by atoms with Gasteiger partial charge in [-0.2, -0.15) is 0 Å². The number of aryl methyl sites for hydroxylation is 1. The first kappa shape index (κ1) is 23.4. The number of aromatic nitrogens is 1. The van der Waals surface area contributed by atoms with Crippen LogP contribution in [0.4, 0.5) is 4.39 Å². The SMILES string of the molecule is CCCS(=O)(=O)N1CCC(NC(=O)CCc2c(-c3ccc(F)cc3)[nH]c3ccccc23)CC1. The van der Waals surface area contributed by atoms with Gasteiger partial charge in [0.25, 0.3) is 0 Å². The lowest BCUT2D eigenvalue weighted by Gasteiger charge is -2.31. The number of hydrogen-bond donors (Lipinski definition) is 2. The van der Waals surface area contributed by atoms with Crippen LogP contribution in [0.5, 0.6) is 0 Å². The zero-order valence-corrected chi connectivity index (χ0v) is 19.6. The molecule has 1 aliphatic rings. The molecule has 0 atom stereocenters. The average molecular weight is 472 g/mol. The highest BCUT2D eigenvalue weighted by atomic mass is 32.2. The molecule has 1 amide bonds. The van der Waals surface area contributed by atoms with Crippen LogP contribution in [0.2, 0.25) is 0 Å². The van der Waals surface area contributed by atoms with Crippen molar-refractivity contribution < 1.29 is 17.6 Å². The predicted octanol–water partition coefficient (Wildman–Crippen LogP) is 4.23. The zero-order chi connectivity index (χ0) is 23.4. The normalized spacial score (nSPS) is 15.7. The topological polar surface area (TPSA) is 82.3 Å². The minimum absolute atomic E-state index is 0.00915. The molecule has 0 unspecified atom stereocenters. The van der Waals surface area contributed by atoms with Gasteiger partial charge in [0.1, 0.15) is 5.82 Å². The fraction of sp³-hybridized carbons (Fsp3) is 0.400. The number of piperidine rings is 1. The number of amides is 1. The first-order chi connectivity index (χ1) is 15.9. The monoisotopic (exact) mass is 471 g/mol. The summed E-state index contributed by atoms with van der Waals surface area (Å²) in [5, 5.41) is 4.13. The molecule has 2 heterocycles. The smallest absolute Gasteiger partial charge is 0.220 e. The van der Waals surface area contributed by atoms with Gasteiger partial charge >= 0.3 is 0 Å². The summed E-state index contributed by atoms with van der Waals surface area (Å²) in [4.78, 5) is 16.1. The Morgan fingerprint density at radius 3 is 2.52 bits per heavy atom. The summed E-state index contributed by atoms with van der Waals surface area (Å²) >= 11 is 0. The molecule has 3 aromatic rings. The van der Waals surface area contributed by atoms with Crippen LogP contribution < -0.4 is 5.32 Å². The summed E-state index contributed by atoms with van der Waals surface area (Å²) in [5.74, 6) is -0.157. The second kappa shape index (κ2) is 10.1. The Hall–Kier alpha value is -2.71. The van der Waals surface area contributed by atoms with Crippen LogP contribution in [0.1, 0.15) is 38.2 Å². The van der Waals surface area contributed by atoms with Crippen molar-refractivity contribution >= 4 is 26.8 Å². The number of nitrogens with one attached hydrogen (secondary N) is 2. The number of halogens is 1. The predicted molar refractivity (Wildman–Crippen MR) is 129 cm³/mol. The molecule has 0 aliphatic carbocycles. The van der Waals surface area contributed by atoms with Crippen molar-refractivity contribution in [3.63, 3.8) is 0 Å². The van der Waals surface area contributed by atoms with Crippen molar-refractivity contribution in [3.05, 3.63) is 59.9 Å². The molecule has 1 aromatic heterocycles. The number of fused-ring (bicyclic) bond motifs is 1. The fourth-order valence-electron chi connectivity index (χ4n) is 4.53. The van der Waals surface area contributed by atoms with Crippen molar-refractivity contribution in [1.82, 2.24) is 14.6 Å². The third-order valence-electron chi connectivity index (χ3n) is 6.22. The Labute approximate surface area is 194 Å². The van der Waals surface area contributed by atoms with E-state index in [1.165, 1.54) is 12.1 Å². The number of hydrogen-bond acceptors (Lipinski definition) is 3. The van der Waals surface area contributed by atoms with E-state index in [1.807, 2.05) is 31.2 Å². The zero-order valence-electron chi connectivity index (χ0n) is 18.8. The third-order valence-corrected chi connectivity index (χ3v) is 8.30. The summed E-state index contributed by atoms with van der Waals surface area (Å²) in [7, 11) is -3.19. The van der Waals surface area contributed by atoms with Crippen molar-refractivity contribution in [2.45, 2.75) is 45.1 Å². The van der Waals surface area contributed by atoms with E-state index in [4.69, 9.17) is 0 Å². The van der Waals surface area contributed by atoms with Gasteiger partial charge in [-0.15, -0.1) is 0 Å². The first-order valence-corrected chi connectivity index (χ1v) is 13.1. The second-order valence-electron chi connectivity index (χ2n) is 8.59. The molecular weight excluding hydrogens is 441 g/mol. The van der Waals surface area contributed by atoms with Crippen LogP contribution in [0.25, 0.3) is 22.2 Å². The lowest BCUT2D eigenvalue weighted by Crippen LogP contribution is -2.47. The molecule has 0 spiro atoms. The maximum Gasteiger partial charge on any atom is 0.220 e. The molecule has 176 valence electrons. The molecular formula is C25H30FN3O3S. The number of para-hydroxylation sites is 1. The number of carbonyl (C=O) groups is 1. The van der Waals surface area contributed by atoms with Crippen LogP contribution in [0.15, 0.2) is 48.5 Å². The van der Waals surface area contributed by atoms with Gasteiger partial charge in [0.15, 0.2) is 0 Å². The molecule has 6 nitrogen and oxygen atoms in total. The van der Waals surface area contributed by atoms with Crippen LogP contribution in [-0.2, 0) is 21.2 Å². The van der Waals surface area contributed by atoms with E-state index < -0.39 is 10.0 Å². The number of rotatable bonds is 8. The molecule has 2 aromatic carbocycles. The van der Waals surface area contributed by atoms with E-state index in [0.29, 0.717) is 45.2 Å². The lowest BCUT2D eigenvalue weighted by atomic mass is 10.0. The molecule has 2 N–H and O–H groups in total. The van der Waals surface area contributed by atoms with Gasteiger partial charge in [-0.3, -0.25) is 4.79 Å². The van der Waals surface area contributed by atoms with Gasteiger partial charge < -0.3 is 10.3 Å². The fourth-order valence-corrected chi connectivity index (χ4v) is 6.07. The van der Waals surface area contributed by atoms with E-state index >= 15 is 0 Å². The highest BCUT2D eigenvalue weighted by Gasteiger charge is 2.28. The second-order valence-corrected chi connectivity index (χ2v) is 10.7. The van der Waals surface area contributed by atoms with Gasteiger partial charge in [-0.05, 0) is 67.1 Å². The summed E-state index contributed by atoms with van der Waals surface area (Å²) in [6.07, 6.45) is 2.73. The Morgan fingerprint density at radius 1 is 1.12 bits per heavy atom. The summed E-state index contributed by atoms with van der Waals surface area (Å²) in [5.41, 5.74) is 3.79. The van der Waals surface area contributed by atoms with E-state index in [1.54, 1.807) is 16.4 Å². The Morgan fingerprint density at radius 2 is 1.82 bits per heavy atom. The number of sulfonamides is 1. The van der Waals surface area contributed by atoms with E-state index in [9.17, 15) is 17.6 Å². The number of nitrogens with zero attached hydrogens (tertiary/aromatic N) is 1.